The third-order valence-electron chi connectivity index (χ3n) is 3.52. The second kappa shape index (κ2) is 8.01. The Morgan fingerprint density at radius 3 is 2.42 bits per heavy atom. The van der Waals surface area contributed by atoms with Crippen LogP contribution in [0.2, 0.25) is 0 Å². The Morgan fingerprint density at radius 1 is 1.08 bits per heavy atom. The molecule has 1 unspecified atom stereocenters. The van der Waals surface area contributed by atoms with Crippen molar-refractivity contribution in [2.24, 2.45) is 0 Å². The summed E-state index contributed by atoms with van der Waals surface area (Å²) < 4.78 is 9.48. The number of hydrogen-bond acceptors (Lipinski definition) is 6. The van der Waals surface area contributed by atoms with Crippen LogP contribution >= 0.6 is 0 Å². The van der Waals surface area contributed by atoms with Gasteiger partial charge in [-0.1, -0.05) is 30.3 Å². The second-order valence-corrected chi connectivity index (χ2v) is 5.13. The van der Waals surface area contributed by atoms with Crippen LogP contribution in [0.1, 0.15) is 15.9 Å². The fraction of sp³-hybridized carbons (Fsp3) is 0.222. The number of hydrogen-bond donors (Lipinski definition) is 2. The first-order valence-electron chi connectivity index (χ1n) is 7.34. The number of anilines is 1. The summed E-state index contributed by atoms with van der Waals surface area (Å²) in [6.45, 7) is 0. The zero-order valence-electron chi connectivity index (χ0n) is 13.5. The number of benzene rings is 2. The fourth-order valence-corrected chi connectivity index (χ4v) is 2.27. The molecule has 0 saturated carbocycles. The number of nitrogens with one attached hydrogen (secondary N) is 1. The summed E-state index contributed by atoms with van der Waals surface area (Å²) in [5.74, 6) is -1.08. The molecule has 0 aliphatic carbocycles. The summed E-state index contributed by atoms with van der Waals surface area (Å²) in [5.41, 5.74) is 1.45. The highest BCUT2D eigenvalue weighted by Gasteiger charge is 2.21. The van der Waals surface area contributed by atoms with Crippen LogP contribution < -0.4 is 5.32 Å². The first-order valence-corrected chi connectivity index (χ1v) is 7.34. The van der Waals surface area contributed by atoms with E-state index in [1.54, 1.807) is 0 Å². The summed E-state index contributed by atoms with van der Waals surface area (Å²) in [5, 5.41) is 12.9. The van der Waals surface area contributed by atoms with E-state index in [0.717, 1.165) is 5.56 Å². The van der Waals surface area contributed by atoms with E-state index in [-0.39, 0.29) is 17.0 Å². The number of carbonyl (C=O) groups is 2. The summed E-state index contributed by atoms with van der Waals surface area (Å²) in [6.07, 6.45) is 0.370. The van der Waals surface area contributed by atoms with E-state index in [0.29, 0.717) is 6.42 Å². The van der Waals surface area contributed by atoms with Gasteiger partial charge in [0.25, 0.3) is 0 Å². The van der Waals surface area contributed by atoms with E-state index in [9.17, 15) is 14.7 Å². The molecule has 2 aromatic carbocycles. The van der Waals surface area contributed by atoms with Gasteiger partial charge in [-0.2, -0.15) is 0 Å². The number of methoxy groups -OCH3 is 2. The number of phenols is 1. The first kappa shape index (κ1) is 17.3. The molecule has 0 fully saturated rings. The number of esters is 2. The zero-order chi connectivity index (χ0) is 17.5. The van der Waals surface area contributed by atoms with Crippen LogP contribution in [0.25, 0.3) is 0 Å². The van der Waals surface area contributed by atoms with Gasteiger partial charge in [0.1, 0.15) is 11.8 Å². The third kappa shape index (κ3) is 4.25. The minimum atomic E-state index is -0.712. The smallest absolute Gasteiger partial charge is 0.337 e. The van der Waals surface area contributed by atoms with Crippen molar-refractivity contribution in [1.29, 1.82) is 0 Å². The number of phenolic OH excluding ortho intramolecular Hbond substituents is 1. The van der Waals surface area contributed by atoms with Crippen molar-refractivity contribution >= 4 is 17.6 Å². The van der Waals surface area contributed by atoms with Gasteiger partial charge in [-0.05, 0) is 23.8 Å². The summed E-state index contributed by atoms with van der Waals surface area (Å²) in [7, 11) is 2.57. The Morgan fingerprint density at radius 2 is 1.79 bits per heavy atom. The van der Waals surface area contributed by atoms with Crippen molar-refractivity contribution in [2.45, 2.75) is 12.5 Å². The van der Waals surface area contributed by atoms with Crippen molar-refractivity contribution in [3.8, 4) is 5.75 Å². The fourth-order valence-electron chi connectivity index (χ4n) is 2.27. The van der Waals surface area contributed by atoms with Crippen LogP contribution in [0.5, 0.6) is 5.75 Å². The Bertz CT molecular complexity index is 715. The molecule has 0 amide bonds. The number of ether oxygens (including phenoxy) is 2. The molecular weight excluding hydrogens is 310 g/mol. The van der Waals surface area contributed by atoms with E-state index < -0.39 is 18.0 Å². The molecule has 0 aliphatic heterocycles. The molecule has 24 heavy (non-hydrogen) atoms. The third-order valence-corrected chi connectivity index (χ3v) is 3.52. The highest BCUT2D eigenvalue weighted by atomic mass is 16.5. The number of rotatable bonds is 6. The van der Waals surface area contributed by atoms with Gasteiger partial charge >= 0.3 is 11.9 Å². The van der Waals surface area contributed by atoms with Crippen molar-refractivity contribution in [2.75, 3.05) is 19.5 Å². The maximum absolute atomic E-state index is 12.0. The molecule has 2 N–H and O–H groups in total. The predicted molar refractivity (Wildman–Crippen MR) is 89.0 cm³/mol. The van der Waals surface area contributed by atoms with Crippen LogP contribution in [0.15, 0.2) is 48.5 Å². The van der Waals surface area contributed by atoms with Gasteiger partial charge in [-0.3, -0.25) is 0 Å². The van der Waals surface area contributed by atoms with E-state index in [1.165, 1.54) is 32.4 Å². The lowest BCUT2D eigenvalue weighted by atomic mass is 10.1. The molecule has 0 heterocycles. The molecule has 0 aliphatic rings. The number of carbonyl (C=O) groups excluding carboxylic acids is 2. The average molecular weight is 329 g/mol. The summed E-state index contributed by atoms with van der Waals surface area (Å²) in [4.78, 5) is 23.7. The van der Waals surface area contributed by atoms with Crippen molar-refractivity contribution < 1.29 is 24.2 Å². The molecular formula is C18H19NO5. The van der Waals surface area contributed by atoms with E-state index in [4.69, 9.17) is 4.74 Å². The average Bonchev–Trinajstić information content (AvgIpc) is 2.62. The zero-order valence-corrected chi connectivity index (χ0v) is 13.5. The molecule has 1 atom stereocenters. The maximum atomic E-state index is 12.0. The van der Waals surface area contributed by atoms with E-state index in [2.05, 4.69) is 10.1 Å². The molecule has 0 saturated heterocycles. The SMILES string of the molecule is COC(=O)c1ccc(O)c(NC(Cc2ccccc2)C(=O)OC)c1. The first-order chi connectivity index (χ1) is 11.5. The standard InChI is InChI=1S/C18H19NO5/c1-23-17(21)13-8-9-16(20)14(11-13)19-15(18(22)24-2)10-12-6-4-3-5-7-12/h3-9,11,15,19-20H,10H2,1-2H3. The molecule has 6 heteroatoms. The van der Waals surface area contributed by atoms with Gasteiger partial charge in [0.2, 0.25) is 0 Å². The molecule has 0 bridgehead atoms. The lowest BCUT2D eigenvalue weighted by Crippen LogP contribution is -2.33. The molecule has 2 rings (SSSR count). The van der Waals surface area contributed by atoms with Crippen LogP contribution in [-0.4, -0.2) is 37.3 Å². The van der Waals surface area contributed by atoms with Gasteiger partial charge in [0.05, 0.1) is 25.5 Å². The van der Waals surface area contributed by atoms with Gasteiger partial charge in [-0.25, -0.2) is 9.59 Å². The maximum Gasteiger partial charge on any atom is 0.337 e. The Labute approximate surface area is 140 Å². The minimum Gasteiger partial charge on any atom is -0.506 e. The largest absolute Gasteiger partial charge is 0.506 e. The Kier molecular flexibility index (Phi) is 5.78. The van der Waals surface area contributed by atoms with Crippen molar-refractivity contribution in [3.05, 3.63) is 59.7 Å². The number of aromatic hydroxyl groups is 1. The van der Waals surface area contributed by atoms with Gasteiger partial charge in [0, 0.05) is 6.42 Å². The van der Waals surface area contributed by atoms with Crippen LogP contribution in [0.3, 0.4) is 0 Å². The van der Waals surface area contributed by atoms with Crippen LogP contribution in [0.4, 0.5) is 5.69 Å². The van der Waals surface area contributed by atoms with Crippen LogP contribution in [0, 0.1) is 0 Å². The lowest BCUT2D eigenvalue weighted by molar-refractivity contribution is -0.141. The van der Waals surface area contributed by atoms with Crippen molar-refractivity contribution in [3.63, 3.8) is 0 Å². The second-order valence-electron chi connectivity index (χ2n) is 5.13. The normalized spacial score (nSPS) is 11.4. The highest BCUT2D eigenvalue weighted by Crippen LogP contribution is 2.26. The minimum absolute atomic E-state index is 0.0791. The molecule has 0 spiro atoms. The molecule has 0 aromatic heterocycles. The molecule has 2 aromatic rings. The van der Waals surface area contributed by atoms with Crippen LogP contribution in [-0.2, 0) is 20.7 Å². The summed E-state index contributed by atoms with van der Waals surface area (Å²) >= 11 is 0. The van der Waals surface area contributed by atoms with Gasteiger partial charge < -0.3 is 19.9 Å². The highest BCUT2D eigenvalue weighted by molar-refractivity contribution is 5.91. The summed E-state index contributed by atoms with van der Waals surface area (Å²) in [6, 6.07) is 12.9. The predicted octanol–water partition coefficient (Wildman–Crippen LogP) is 2.38. The topological polar surface area (TPSA) is 84.9 Å². The monoisotopic (exact) mass is 329 g/mol. The molecule has 0 radical (unpaired) electrons. The molecule has 6 nitrogen and oxygen atoms in total. The van der Waals surface area contributed by atoms with Gasteiger partial charge in [0.15, 0.2) is 0 Å². The quantitative estimate of drug-likeness (QED) is 0.625. The Hall–Kier alpha value is -3.02. The van der Waals surface area contributed by atoms with E-state index in [1.807, 2.05) is 30.3 Å². The lowest BCUT2D eigenvalue weighted by Gasteiger charge is -2.19. The van der Waals surface area contributed by atoms with Gasteiger partial charge in [-0.15, -0.1) is 0 Å². The van der Waals surface area contributed by atoms with Crippen molar-refractivity contribution in [1.82, 2.24) is 0 Å². The Balaban J connectivity index is 2.26. The van der Waals surface area contributed by atoms with E-state index >= 15 is 0 Å². The molecule has 126 valence electrons.